The van der Waals surface area contributed by atoms with Crippen LogP contribution in [-0.4, -0.2) is 36.2 Å². The number of carbonyl (C=O) groups is 1. The lowest BCUT2D eigenvalue weighted by Gasteiger charge is -2.43. The van der Waals surface area contributed by atoms with Crippen molar-refractivity contribution < 1.29 is 14.6 Å². The third-order valence-corrected chi connectivity index (χ3v) is 6.25. The van der Waals surface area contributed by atoms with E-state index in [9.17, 15) is 9.90 Å². The van der Waals surface area contributed by atoms with Gasteiger partial charge >= 0.3 is 5.97 Å². The summed E-state index contributed by atoms with van der Waals surface area (Å²) in [7, 11) is 1.67. The number of carboxylic acid groups (broad SMARTS) is 1. The Balaban J connectivity index is 1.70. The third kappa shape index (κ3) is 3.96. The summed E-state index contributed by atoms with van der Waals surface area (Å²) >= 11 is 0. The predicted molar refractivity (Wildman–Crippen MR) is 118 cm³/mol. The van der Waals surface area contributed by atoms with Crippen LogP contribution >= 0.6 is 0 Å². The summed E-state index contributed by atoms with van der Waals surface area (Å²) < 4.78 is 5.48. The van der Waals surface area contributed by atoms with Crippen LogP contribution in [0.5, 0.6) is 5.75 Å². The van der Waals surface area contributed by atoms with Crippen LogP contribution in [0, 0.1) is 0 Å². The van der Waals surface area contributed by atoms with E-state index in [-0.39, 0.29) is 5.41 Å². The van der Waals surface area contributed by atoms with Crippen LogP contribution in [-0.2, 0) is 12.0 Å². The smallest absolute Gasteiger partial charge is 0.335 e. The van der Waals surface area contributed by atoms with Crippen LogP contribution in [0.2, 0.25) is 0 Å². The van der Waals surface area contributed by atoms with Crippen LogP contribution in [0.1, 0.15) is 39.9 Å². The Kier molecular flexibility index (Phi) is 5.86. The Labute approximate surface area is 177 Å². The zero-order valence-electron chi connectivity index (χ0n) is 17.3. The zero-order valence-corrected chi connectivity index (χ0v) is 17.3. The van der Waals surface area contributed by atoms with Gasteiger partial charge < -0.3 is 9.84 Å². The summed E-state index contributed by atoms with van der Waals surface area (Å²) in [6.07, 6.45) is 1.72. The van der Waals surface area contributed by atoms with Gasteiger partial charge in [0.15, 0.2) is 0 Å². The molecule has 0 unspecified atom stereocenters. The number of nitrogens with zero attached hydrogens (tertiary/aromatic N) is 1. The molecule has 0 amide bonds. The highest BCUT2D eigenvalue weighted by Crippen LogP contribution is 2.44. The molecule has 3 aromatic carbocycles. The first-order chi connectivity index (χ1) is 14.6. The van der Waals surface area contributed by atoms with E-state index >= 15 is 0 Å². The lowest BCUT2D eigenvalue weighted by atomic mass is 9.66. The number of aromatic carboxylic acids is 1. The first-order valence-corrected chi connectivity index (χ1v) is 10.4. The van der Waals surface area contributed by atoms with Gasteiger partial charge in [-0.3, -0.25) is 4.90 Å². The lowest BCUT2D eigenvalue weighted by Crippen LogP contribution is -2.43. The molecule has 30 heavy (non-hydrogen) atoms. The number of piperidine rings is 1. The van der Waals surface area contributed by atoms with Crippen LogP contribution in [0.4, 0.5) is 0 Å². The van der Waals surface area contributed by atoms with Crippen LogP contribution in [0.25, 0.3) is 0 Å². The minimum atomic E-state index is -0.875. The first kappa shape index (κ1) is 20.2. The van der Waals surface area contributed by atoms with Gasteiger partial charge in [0.2, 0.25) is 0 Å². The summed E-state index contributed by atoms with van der Waals surface area (Å²) in [5, 5.41) is 9.87. The molecule has 3 aromatic rings. The van der Waals surface area contributed by atoms with E-state index in [0.717, 1.165) is 49.4 Å². The topological polar surface area (TPSA) is 49.8 Å². The van der Waals surface area contributed by atoms with Crippen molar-refractivity contribution in [1.82, 2.24) is 4.90 Å². The highest BCUT2D eigenvalue weighted by Gasteiger charge is 2.40. The fourth-order valence-electron chi connectivity index (χ4n) is 4.66. The lowest BCUT2D eigenvalue weighted by molar-refractivity contribution is 0.0692. The van der Waals surface area contributed by atoms with Crippen molar-refractivity contribution in [3.05, 3.63) is 101 Å². The van der Waals surface area contributed by atoms with E-state index in [1.54, 1.807) is 19.2 Å². The molecule has 4 nitrogen and oxygen atoms in total. The van der Waals surface area contributed by atoms with Gasteiger partial charge in [-0.05, 0) is 60.8 Å². The molecule has 0 saturated carbocycles. The average Bonchev–Trinajstić information content (AvgIpc) is 2.80. The predicted octanol–water partition coefficient (Wildman–Crippen LogP) is 4.98. The Bertz CT molecular complexity index is 1010. The molecule has 0 radical (unpaired) electrons. The molecule has 0 bridgehead atoms. The van der Waals surface area contributed by atoms with Crippen LogP contribution in [0.3, 0.4) is 0 Å². The summed E-state index contributed by atoms with van der Waals surface area (Å²) in [5.74, 6) is -0.0778. The van der Waals surface area contributed by atoms with E-state index in [2.05, 4.69) is 41.3 Å². The molecule has 1 aliphatic rings. The molecular weight excluding hydrogens is 374 g/mol. The molecule has 1 fully saturated rings. The summed E-state index contributed by atoms with van der Waals surface area (Å²) in [6.45, 7) is 2.72. The highest BCUT2D eigenvalue weighted by molar-refractivity contribution is 5.90. The van der Waals surface area contributed by atoms with Gasteiger partial charge in [-0.25, -0.2) is 4.79 Å². The summed E-state index contributed by atoms with van der Waals surface area (Å²) in [6, 6.07) is 26.0. The maximum atomic E-state index is 12.0. The molecular formula is C26H27NO3. The van der Waals surface area contributed by atoms with E-state index in [1.165, 1.54) is 5.56 Å². The largest absolute Gasteiger partial charge is 0.497 e. The van der Waals surface area contributed by atoms with Gasteiger partial charge in [0, 0.05) is 12.0 Å². The molecule has 1 N–H and O–H groups in total. The quantitative estimate of drug-likeness (QED) is 0.633. The number of likely N-dealkylation sites (tertiary alicyclic amines) is 1. The van der Waals surface area contributed by atoms with Crippen molar-refractivity contribution in [3.63, 3.8) is 0 Å². The minimum Gasteiger partial charge on any atom is -0.497 e. The van der Waals surface area contributed by atoms with Gasteiger partial charge in [0.25, 0.3) is 0 Å². The number of methoxy groups -OCH3 is 1. The fraction of sp³-hybridized carbons (Fsp3) is 0.269. The highest BCUT2D eigenvalue weighted by atomic mass is 16.5. The Morgan fingerprint density at radius 3 is 2.37 bits per heavy atom. The maximum absolute atomic E-state index is 12.0. The fourth-order valence-corrected chi connectivity index (χ4v) is 4.66. The molecule has 0 atom stereocenters. The van der Waals surface area contributed by atoms with E-state index in [0.29, 0.717) is 5.56 Å². The SMILES string of the molecule is COc1cccc(C2(c3ccccc3C(=O)O)CCN(Cc3ccccc3)CC2)c1. The van der Waals surface area contributed by atoms with Crippen molar-refractivity contribution in [2.45, 2.75) is 24.8 Å². The molecule has 0 aromatic heterocycles. The van der Waals surface area contributed by atoms with Crippen LogP contribution in [0.15, 0.2) is 78.9 Å². The van der Waals surface area contributed by atoms with Crippen molar-refractivity contribution in [2.75, 3.05) is 20.2 Å². The monoisotopic (exact) mass is 401 g/mol. The summed E-state index contributed by atoms with van der Waals surface area (Å²) in [5.41, 5.74) is 3.35. The number of hydrogen-bond acceptors (Lipinski definition) is 3. The van der Waals surface area contributed by atoms with Crippen molar-refractivity contribution >= 4 is 5.97 Å². The molecule has 1 saturated heterocycles. The zero-order chi connectivity index (χ0) is 21.0. The van der Waals surface area contributed by atoms with Crippen molar-refractivity contribution in [3.8, 4) is 5.75 Å². The van der Waals surface area contributed by atoms with Gasteiger partial charge in [0.05, 0.1) is 12.7 Å². The van der Waals surface area contributed by atoms with Gasteiger partial charge in [-0.2, -0.15) is 0 Å². The molecule has 154 valence electrons. The Morgan fingerprint density at radius 1 is 0.967 bits per heavy atom. The second-order valence-electron chi connectivity index (χ2n) is 7.93. The van der Waals surface area contributed by atoms with Crippen LogP contribution < -0.4 is 4.74 Å². The number of hydrogen-bond donors (Lipinski definition) is 1. The number of carboxylic acids is 1. The Morgan fingerprint density at radius 2 is 1.67 bits per heavy atom. The minimum absolute atomic E-state index is 0.350. The Hall–Kier alpha value is -3.11. The van der Waals surface area contributed by atoms with Gasteiger partial charge in [-0.1, -0.05) is 60.7 Å². The van der Waals surface area contributed by atoms with E-state index < -0.39 is 5.97 Å². The van der Waals surface area contributed by atoms with Gasteiger partial charge in [0.1, 0.15) is 5.75 Å². The van der Waals surface area contributed by atoms with Gasteiger partial charge in [-0.15, -0.1) is 0 Å². The second kappa shape index (κ2) is 8.72. The van der Waals surface area contributed by atoms with E-state index in [4.69, 9.17) is 4.74 Å². The number of benzene rings is 3. The molecule has 4 rings (SSSR count). The van der Waals surface area contributed by atoms with Crippen molar-refractivity contribution in [1.29, 1.82) is 0 Å². The average molecular weight is 402 g/mol. The maximum Gasteiger partial charge on any atom is 0.335 e. The molecule has 1 heterocycles. The third-order valence-electron chi connectivity index (χ3n) is 6.25. The standard InChI is InChI=1S/C26H27NO3/c1-30-22-11-7-10-21(18-22)26(24-13-6-5-12-23(24)25(28)29)14-16-27(17-15-26)19-20-8-3-2-4-9-20/h2-13,18H,14-17,19H2,1H3,(H,28,29). The summed E-state index contributed by atoms with van der Waals surface area (Å²) in [4.78, 5) is 14.5. The normalized spacial score (nSPS) is 16.2. The number of rotatable bonds is 6. The number of ether oxygens (including phenoxy) is 1. The molecule has 0 aliphatic carbocycles. The van der Waals surface area contributed by atoms with Crippen molar-refractivity contribution in [2.24, 2.45) is 0 Å². The first-order valence-electron chi connectivity index (χ1n) is 10.4. The molecule has 0 spiro atoms. The molecule has 1 aliphatic heterocycles. The second-order valence-corrected chi connectivity index (χ2v) is 7.93. The van der Waals surface area contributed by atoms with E-state index in [1.807, 2.05) is 30.3 Å². The molecule has 4 heteroatoms.